The van der Waals surface area contributed by atoms with Gasteiger partial charge >= 0.3 is 0 Å². The molecular weight excluding hydrogens is 258 g/mol. The molecule has 1 heterocycles. The van der Waals surface area contributed by atoms with Gasteiger partial charge in [-0.2, -0.15) is 0 Å². The van der Waals surface area contributed by atoms with E-state index in [1.165, 1.54) is 0 Å². The van der Waals surface area contributed by atoms with Crippen LogP contribution >= 0.6 is 15.9 Å². The second kappa shape index (κ2) is 4.41. The maximum atomic E-state index is 9.82. The first-order chi connectivity index (χ1) is 7.20. The molecule has 0 bridgehead atoms. The fourth-order valence-electron chi connectivity index (χ4n) is 2.02. The van der Waals surface area contributed by atoms with E-state index < -0.39 is 0 Å². The zero-order valence-electron chi connectivity index (χ0n) is 8.33. The van der Waals surface area contributed by atoms with Gasteiger partial charge in [0.25, 0.3) is 0 Å². The summed E-state index contributed by atoms with van der Waals surface area (Å²) in [5.74, 6) is 0.258. The van der Waals surface area contributed by atoms with Gasteiger partial charge in [-0.3, -0.25) is 0 Å². The number of hydrogen-bond donors (Lipinski definition) is 3. The Morgan fingerprint density at radius 3 is 2.73 bits per heavy atom. The van der Waals surface area contributed by atoms with Crippen LogP contribution in [-0.4, -0.2) is 23.3 Å². The average Bonchev–Trinajstić information content (AvgIpc) is 2.27. The van der Waals surface area contributed by atoms with E-state index in [4.69, 9.17) is 0 Å². The zero-order chi connectivity index (χ0) is 10.8. The van der Waals surface area contributed by atoms with Gasteiger partial charge in [0, 0.05) is 18.0 Å². The number of halogens is 1. The van der Waals surface area contributed by atoms with Crippen LogP contribution in [0.25, 0.3) is 0 Å². The summed E-state index contributed by atoms with van der Waals surface area (Å²) in [5, 5.41) is 22.7. The lowest BCUT2D eigenvalue weighted by molar-refractivity contribution is 0.383. The minimum atomic E-state index is -0.0573. The van der Waals surface area contributed by atoms with E-state index in [2.05, 4.69) is 21.2 Å². The highest BCUT2D eigenvalue weighted by molar-refractivity contribution is 9.10. The van der Waals surface area contributed by atoms with Crippen LogP contribution in [0.2, 0.25) is 0 Å². The van der Waals surface area contributed by atoms with Gasteiger partial charge in [-0.1, -0.05) is 6.07 Å². The highest BCUT2D eigenvalue weighted by Gasteiger charge is 2.20. The molecule has 1 aromatic rings. The molecule has 1 unspecified atom stereocenters. The van der Waals surface area contributed by atoms with E-state index in [0.717, 1.165) is 31.5 Å². The van der Waals surface area contributed by atoms with Crippen molar-refractivity contribution < 1.29 is 10.2 Å². The fraction of sp³-hybridized carbons (Fsp3) is 0.455. The second-order valence-corrected chi connectivity index (χ2v) is 4.73. The summed E-state index contributed by atoms with van der Waals surface area (Å²) in [5.41, 5.74) is 0.836. The Labute approximate surface area is 97.3 Å². The molecule has 0 spiro atoms. The molecule has 0 amide bonds. The molecule has 82 valence electrons. The number of nitrogens with one attached hydrogen (secondary N) is 1. The standard InChI is InChI=1S/C11H14BrNO2/c12-9-4-3-8(10(14)11(9)15)7-2-1-5-13-6-7/h3-4,7,13-15H,1-2,5-6H2. The average molecular weight is 272 g/mol. The maximum absolute atomic E-state index is 9.82. The lowest BCUT2D eigenvalue weighted by Crippen LogP contribution is -2.28. The first-order valence-corrected chi connectivity index (χ1v) is 5.90. The summed E-state index contributed by atoms with van der Waals surface area (Å²) in [4.78, 5) is 0. The summed E-state index contributed by atoms with van der Waals surface area (Å²) in [6.45, 7) is 1.91. The molecule has 0 radical (unpaired) electrons. The van der Waals surface area contributed by atoms with Crippen LogP contribution in [0.4, 0.5) is 0 Å². The first kappa shape index (κ1) is 10.8. The van der Waals surface area contributed by atoms with Gasteiger partial charge in [0.1, 0.15) is 0 Å². The second-order valence-electron chi connectivity index (χ2n) is 3.88. The maximum Gasteiger partial charge on any atom is 0.172 e. The molecule has 1 aliphatic rings. The highest BCUT2D eigenvalue weighted by Crippen LogP contribution is 2.40. The van der Waals surface area contributed by atoms with Crippen molar-refractivity contribution in [3.05, 3.63) is 22.2 Å². The van der Waals surface area contributed by atoms with Crippen LogP contribution in [0, 0.1) is 0 Å². The van der Waals surface area contributed by atoms with Gasteiger partial charge in [0.05, 0.1) is 4.47 Å². The quantitative estimate of drug-likeness (QED) is 0.688. The molecule has 2 rings (SSSR count). The molecule has 0 aromatic heterocycles. The summed E-state index contributed by atoms with van der Waals surface area (Å²) in [7, 11) is 0. The zero-order valence-corrected chi connectivity index (χ0v) is 9.92. The van der Waals surface area contributed by atoms with Crippen molar-refractivity contribution in [2.24, 2.45) is 0 Å². The van der Waals surface area contributed by atoms with Crippen molar-refractivity contribution in [3.63, 3.8) is 0 Å². The van der Waals surface area contributed by atoms with Crippen molar-refractivity contribution >= 4 is 15.9 Å². The van der Waals surface area contributed by atoms with Gasteiger partial charge in [0.2, 0.25) is 0 Å². The highest BCUT2D eigenvalue weighted by atomic mass is 79.9. The van der Waals surface area contributed by atoms with Crippen molar-refractivity contribution in [2.45, 2.75) is 18.8 Å². The Morgan fingerprint density at radius 2 is 2.07 bits per heavy atom. The van der Waals surface area contributed by atoms with Crippen LogP contribution < -0.4 is 5.32 Å². The lowest BCUT2D eigenvalue weighted by Gasteiger charge is -2.24. The van der Waals surface area contributed by atoms with E-state index in [1.807, 2.05) is 6.07 Å². The monoisotopic (exact) mass is 271 g/mol. The number of rotatable bonds is 1. The van der Waals surface area contributed by atoms with Gasteiger partial charge in [-0.25, -0.2) is 0 Å². The largest absolute Gasteiger partial charge is 0.504 e. The first-order valence-electron chi connectivity index (χ1n) is 5.11. The molecule has 0 aliphatic carbocycles. The van der Waals surface area contributed by atoms with Gasteiger partial charge in [0.15, 0.2) is 11.5 Å². The summed E-state index contributed by atoms with van der Waals surface area (Å²) >= 11 is 3.18. The lowest BCUT2D eigenvalue weighted by atomic mass is 9.91. The van der Waals surface area contributed by atoms with Crippen LogP contribution in [0.1, 0.15) is 24.3 Å². The van der Waals surface area contributed by atoms with Crippen molar-refractivity contribution in [2.75, 3.05) is 13.1 Å². The Hall–Kier alpha value is -0.740. The topological polar surface area (TPSA) is 52.5 Å². The normalized spacial score (nSPS) is 21.5. The van der Waals surface area contributed by atoms with Crippen molar-refractivity contribution in [1.29, 1.82) is 0 Å². The number of phenolic OH excluding ortho intramolecular Hbond substituents is 2. The predicted molar refractivity (Wildman–Crippen MR) is 62.3 cm³/mol. The molecule has 1 aliphatic heterocycles. The summed E-state index contributed by atoms with van der Waals surface area (Å²) in [6, 6.07) is 3.65. The third-order valence-corrected chi connectivity index (χ3v) is 3.51. The number of phenols is 2. The Morgan fingerprint density at radius 1 is 1.27 bits per heavy atom. The summed E-state index contributed by atoms with van der Waals surface area (Å²) < 4.78 is 0.535. The number of benzene rings is 1. The molecule has 1 atom stereocenters. The minimum absolute atomic E-state index is 0.0121. The SMILES string of the molecule is Oc1c(Br)ccc(C2CCCNC2)c1O. The predicted octanol–water partition coefficient (Wildman–Crippen LogP) is 2.33. The van der Waals surface area contributed by atoms with Gasteiger partial charge < -0.3 is 15.5 Å². The van der Waals surface area contributed by atoms with Crippen LogP contribution in [-0.2, 0) is 0 Å². The minimum Gasteiger partial charge on any atom is -0.504 e. The third kappa shape index (κ3) is 2.11. The van der Waals surface area contributed by atoms with Crippen molar-refractivity contribution in [3.8, 4) is 11.5 Å². The molecule has 3 nitrogen and oxygen atoms in total. The molecule has 3 N–H and O–H groups in total. The Balaban J connectivity index is 2.31. The number of hydrogen-bond acceptors (Lipinski definition) is 3. The third-order valence-electron chi connectivity index (χ3n) is 2.87. The van der Waals surface area contributed by atoms with Crippen LogP contribution in [0.3, 0.4) is 0 Å². The van der Waals surface area contributed by atoms with E-state index in [-0.39, 0.29) is 11.5 Å². The molecule has 1 aromatic carbocycles. The molecule has 1 fully saturated rings. The van der Waals surface area contributed by atoms with Gasteiger partial charge in [-0.15, -0.1) is 0 Å². The van der Waals surface area contributed by atoms with Crippen LogP contribution in [0.15, 0.2) is 16.6 Å². The smallest absolute Gasteiger partial charge is 0.172 e. The Bertz CT molecular complexity index is 362. The Kier molecular flexibility index (Phi) is 3.17. The molecule has 15 heavy (non-hydrogen) atoms. The van der Waals surface area contributed by atoms with E-state index >= 15 is 0 Å². The van der Waals surface area contributed by atoms with Crippen molar-refractivity contribution in [1.82, 2.24) is 5.32 Å². The molecule has 0 saturated carbocycles. The van der Waals surface area contributed by atoms with E-state index in [1.54, 1.807) is 6.07 Å². The molecular formula is C11H14BrNO2. The molecule has 1 saturated heterocycles. The molecule has 4 heteroatoms. The summed E-state index contributed by atoms with van der Waals surface area (Å²) in [6.07, 6.45) is 2.17. The van der Waals surface area contributed by atoms with Gasteiger partial charge in [-0.05, 0) is 41.4 Å². The number of piperidine rings is 1. The number of aromatic hydroxyl groups is 2. The van der Waals surface area contributed by atoms with E-state index in [0.29, 0.717) is 10.4 Å². The van der Waals surface area contributed by atoms with E-state index in [9.17, 15) is 10.2 Å². The van der Waals surface area contributed by atoms with Crippen LogP contribution in [0.5, 0.6) is 11.5 Å². The fourth-order valence-corrected chi connectivity index (χ4v) is 2.34.